The third-order valence-electron chi connectivity index (χ3n) is 5.76. The van der Waals surface area contributed by atoms with Crippen LogP contribution in [0.1, 0.15) is 25.1 Å². The van der Waals surface area contributed by atoms with Crippen molar-refractivity contribution in [3.8, 4) is 0 Å². The van der Waals surface area contributed by atoms with Gasteiger partial charge in [0.05, 0.1) is 25.2 Å². The number of hydrogen-bond donors (Lipinski definition) is 0. The fourth-order valence-corrected chi connectivity index (χ4v) is 3.81. The van der Waals surface area contributed by atoms with E-state index in [9.17, 15) is 9.59 Å². The summed E-state index contributed by atoms with van der Waals surface area (Å²) in [6.45, 7) is 3.95. The zero-order valence-electron chi connectivity index (χ0n) is 16.7. The Morgan fingerprint density at radius 2 is 2.04 bits per heavy atom. The lowest BCUT2D eigenvalue weighted by atomic mass is 9.87. The second-order valence-electron chi connectivity index (χ2n) is 7.86. The van der Waals surface area contributed by atoms with Gasteiger partial charge in [-0.15, -0.1) is 0 Å². The van der Waals surface area contributed by atoms with E-state index in [1.165, 1.54) is 4.90 Å². The van der Waals surface area contributed by atoms with Gasteiger partial charge in [-0.2, -0.15) is 0 Å². The Morgan fingerprint density at radius 1 is 1.30 bits per heavy atom. The molecule has 0 aromatic carbocycles. The van der Waals surface area contributed by atoms with E-state index in [0.717, 1.165) is 44.7 Å². The van der Waals surface area contributed by atoms with Crippen LogP contribution in [0.15, 0.2) is 12.4 Å². The Morgan fingerprint density at radius 3 is 2.67 bits per heavy atom. The summed E-state index contributed by atoms with van der Waals surface area (Å²) in [5.74, 6) is 1.07. The number of amides is 2. The van der Waals surface area contributed by atoms with E-state index < -0.39 is 0 Å². The molecule has 0 atom stereocenters. The lowest BCUT2D eigenvalue weighted by molar-refractivity contribution is -0.140. The Hall–Kier alpha value is -1.93. The number of rotatable bonds is 5. The van der Waals surface area contributed by atoms with Gasteiger partial charge >= 0.3 is 0 Å². The van der Waals surface area contributed by atoms with Gasteiger partial charge in [0.25, 0.3) is 0 Å². The van der Waals surface area contributed by atoms with E-state index in [1.807, 2.05) is 19.4 Å². The van der Waals surface area contributed by atoms with E-state index in [2.05, 4.69) is 14.5 Å². The van der Waals surface area contributed by atoms with Gasteiger partial charge in [0.15, 0.2) is 0 Å². The van der Waals surface area contributed by atoms with Gasteiger partial charge in [-0.05, 0) is 12.8 Å². The van der Waals surface area contributed by atoms with E-state index in [1.54, 1.807) is 19.0 Å². The number of aryl methyl sites for hydroxylation is 1. The van der Waals surface area contributed by atoms with Gasteiger partial charge in [-0.3, -0.25) is 9.59 Å². The monoisotopic (exact) mass is 377 g/mol. The Balaban J connectivity index is 1.50. The van der Waals surface area contributed by atoms with Crippen molar-refractivity contribution in [3.63, 3.8) is 0 Å². The first-order valence-corrected chi connectivity index (χ1v) is 9.69. The summed E-state index contributed by atoms with van der Waals surface area (Å²) in [6.07, 6.45) is 6.82. The van der Waals surface area contributed by atoms with Crippen LogP contribution in [0.4, 0.5) is 0 Å². The largest absolute Gasteiger partial charge is 0.373 e. The van der Waals surface area contributed by atoms with Crippen molar-refractivity contribution in [2.24, 2.45) is 7.05 Å². The molecule has 2 amide bonds. The van der Waals surface area contributed by atoms with Crippen LogP contribution in [0.2, 0.25) is 0 Å². The van der Waals surface area contributed by atoms with Crippen LogP contribution >= 0.6 is 0 Å². The molecule has 0 N–H and O–H groups in total. The predicted molar refractivity (Wildman–Crippen MR) is 101 cm³/mol. The first-order chi connectivity index (χ1) is 12.9. The van der Waals surface area contributed by atoms with E-state index >= 15 is 0 Å². The summed E-state index contributed by atoms with van der Waals surface area (Å²) in [5.41, 5.74) is -0.368. The summed E-state index contributed by atoms with van der Waals surface area (Å²) in [5, 5.41) is 0. The van der Waals surface area contributed by atoms with Gasteiger partial charge in [0.1, 0.15) is 5.82 Å². The summed E-state index contributed by atoms with van der Waals surface area (Å²) >= 11 is 0. The number of carbonyl (C=O) groups excluding carboxylic acids is 2. The number of likely N-dealkylation sites (N-methyl/N-ethyl adjacent to an activating group) is 1. The highest BCUT2D eigenvalue weighted by molar-refractivity contribution is 5.85. The molecule has 150 valence electrons. The number of carbonyl (C=O) groups is 2. The van der Waals surface area contributed by atoms with Crippen molar-refractivity contribution in [1.29, 1.82) is 0 Å². The smallest absolute Gasteiger partial charge is 0.241 e. The number of hydrogen-bond acceptors (Lipinski definition) is 5. The van der Waals surface area contributed by atoms with E-state index in [-0.39, 0.29) is 24.0 Å². The molecule has 0 radical (unpaired) electrons. The molecule has 1 aromatic heterocycles. The minimum Gasteiger partial charge on any atom is -0.373 e. The third-order valence-corrected chi connectivity index (χ3v) is 5.76. The number of imidazole rings is 1. The molecule has 2 aliphatic heterocycles. The number of piperidine rings is 1. The molecule has 0 unspecified atom stereocenters. The first-order valence-electron chi connectivity index (χ1n) is 9.69. The van der Waals surface area contributed by atoms with Gasteiger partial charge in [-0.1, -0.05) is 0 Å². The van der Waals surface area contributed by atoms with Crippen molar-refractivity contribution in [1.82, 2.24) is 24.3 Å². The Bertz CT molecular complexity index is 664. The Labute approximate surface area is 161 Å². The average molecular weight is 377 g/mol. The van der Waals surface area contributed by atoms with Crippen LogP contribution in [-0.2, 0) is 27.8 Å². The summed E-state index contributed by atoms with van der Waals surface area (Å²) in [7, 11) is 5.44. The van der Waals surface area contributed by atoms with Crippen molar-refractivity contribution in [3.05, 3.63) is 18.2 Å². The molecular weight excluding hydrogens is 346 g/mol. The maximum Gasteiger partial charge on any atom is 0.241 e. The molecule has 27 heavy (non-hydrogen) atoms. The number of likely N-dealkylation sites (tertiary alicyclic amines) is 1. The van der Waals surface area contributed by atoms with Crippen LogP contribution in [0.5, 0.6) is 0 Å². The number of aromatic nitrogens is 2. The topological polar surface area (TPSA) is 70.9 Å². The predicted octanol–water partition coefficient (Wildman–Crippen LogP) is 0.134. The fourth-order valence-electron chi connectivity index (χ4n) is 3.81. The second kappa shape index (κ2) is 8.39. The van der Waals surface area contributed by atoms with E-state index in [0.29, 0.717) is 19.6 Å². The molecular formula is C19H31N5O3. The lowest BCUT2D eigenvalue weighted by Crippen LogP contribution is -2.48. The fraction of sp³-hybridized carbons (Fsp3) is 0.737. The molecule has 8 heteroatoms. The van der Waals surface area contributed by atoms with Crippen molar-refractivity contribution in [2.75, 3.05) is 53.4 Å². The molecule has 0 bridgehead atoms. The van der Waals surface area contributed by atoms with Crippen LogP contribution in [0.25, 0.3) is 0 Å². The standard InChI is InChI=1S/C19H31N5O3/c1-21(2)18(26)15-24-12-13-27-19(14-17(24)25)5-9-23(10-6-19)8-4-16-20-7-11-22(16)3/h7,11H,4-6,8-10,12-15H2,1-3H3. The summed E-state index contributed by atoms with van der Waals surface area (Å²) in [4.78, 5) is 34.6. The average Bonchev–Trinajstić information content (AvgIpc) is 2.98. The normalized spacial score (nSPS) is 20.7. The van der Waals surface area contributed by atoms with Gasteiger partial charge in [0, 0.05) is 66.1 Å². The van der Waals surface area contributed by atoms with Crippen molar-refractivity contribution in [2.45, 2.75) is 31.3 Å². The third kappa shape index (κ3) is 4.87. The van der Waals surface area contributed by atoms with Gasteiger partial charge in [-0.25, -0.2) is 4.98 Å². The highest BCUT2D eigenvalue weighted by Crippen LogP contribution is 2.32. The molecule has 3 rings (SSSR count). The minimum atomic E-state index is -0.368. The molecule has 2 aliphatic rings. The number of ether oxygens (including phenoxy) is 1. The molecule has 8 nitrogen and oxygen atoms in total. The molecule has 1 aromatic rings. The maximum atomic E-state index is 12.7. The highest BCUT2D eigenvalue weighted by atomic mass is 16.5. The van der Waals surface area contributed by atoms with Crippen LogP contribution in [-0.4, -0.2) is 95.1 Å². The summed E-state index contributed by atoms with van der Waals surface area (Å²) < 4.78 is 8.22. The van der Waals surface area contributed by atoms with E-state index in [4.69, 9.17) is 4.74 Å². The molecule has 3 heterocycles. The first kappa shape index (κ1) is 19.8. The molecule has 0 saturated carbocycles. The molecule has 1 spiro atoms. The lowest BCUT2D eigenvalue weighted by Gasteiger charge is -2.40. The molecule has 2 saturated heterocycles. The van der Waals surface area contributed by atoms with Crippen LogP contribution in [0.3, 0.4) is 0 Å². The minimum absolute atomic E-state index is 0.0316. The van der Waals surface area contributed by atoms with Gasteiger partial charge < -0.3 is 24.0 Å². The van der Waals surface area contributed by atoms with Crippen molar-refractivity contribution >= 4 is 11.8 Å². The maximum absolute atomic E-state index is 12.7. The zero-order chi connectivity index (χ0) is 19.4. The van der Waals surface area contributed by atoms with Crippen molar-refractivity contribution < 1.29 is 14.3 Å². The highest BCUT2D eigenvalue weighted by Gasteiger charge is 2.40. The van der Waals surface area contributed by atoms with Crippen LogP contribution in [0, 0.1) is 0 Å². The van der Waals surface area contributed by atoms with Gasteiger partial charge in [0.2, 0.25) is 11.8 Å². The number of nitrogens with zero attached hydrogens (tertiary/aromatic N) is 5. The van der Waals surface area contributed by atoms with Crippen LogP contribution < -0.4 is 0 Å². The molecule has 2 fully saturated rings. The quantitative estimate of drug-likeness (QED) is 0.730. The summed E-state index contributed by atoms with van der Waals surface area (Å²) in [6, 6.07) is 0. The Kier molecular flexibility index (Phi) is 6.16. The molecule has 0 aliphatic carbocycles. The second-order valence-corrected chi connectivity index (χ2v) is 7.86. The zero-order valence-corrected chi connectivity index (χ0v) is 16.7. The SMILES string of the molecule is CN(C)C(=O)CN1CCOC2(CCN(CCc3nccn3C)CC2)CC1=O.